The predicted octanol–water partition coefficient (Wildman–Crippen LogP) is 1.55. The fourth-order valence-electron chi connectivity index (χ4n) is 1.41. The number of aliphatic hydroxyl groups excluding tert-OH is 2. The van der Waals surface area contributed by atoms with Crippen LogP contribution < -0.4 is 0 Å². The minimum Gasteiger partial charge on any atom is -0.390 e. The number of rotatable bonds is 9. The summed E-state index contributed by atoms with van der Waals surface area (Å²) < 4.78 is 9.43. The first-order chi connectivity index (χ1) is 9.75. The maximum Gasteiger partial charge on any atom is 0.124 e. The van der Waals surface area contributed by atoms with Crippen molar-refractivity contribution in [1.82, 2.24) is 10.3 Å². The molecule has 2 heterocycles. The van der Waals surface area contributed by atoms with E-state index in [2.05, 4.69) is 10.3 Å². The molecule has 0 spiro atoms. The quantitative estimate of drug-likeness (QED) is 0.720. The van der Waals surface area contributed by atoms with Gasteiger partial charge in [0.1, 0.15) is 12.5 Å². The minimum atomic E-state index is -0.753. The van der Waals surface area contributed by atoms with Gasteiger partial charge in [-0.05, 0) is 0 Å². The second-order valence-electron chi connectivity index (χ2n) is 4.15. The topological polar surface area (TPSA) is 92.5 Å². The SMILES string of the molecule is O[C@@H](CSCc1ccon1)[C@@H](O)CSCc1ccon1. The monoisotopic (exact) mass is 316 g/mol. The molecule has 2 atom stereocenters. The highest BCUT2D eigenvalue weighted by molar-refractivity contribution is 7.98. The van der Waals surface area contributed by atoms with Gasteiger partial charge >= 0.3 is 0 Å². The van der Waals surface area contributed by atoms with E-state index < -0.39 is 12.2 Å². The molecular weight excluding hydrogens is 300 g/mol. The van der Waals surface area contributed by atoms with Gasteiger partial charge in [0.05, 0.1) is 23.6 Å². The van der Waals surface area contributed by atoms with Crippen molar-refractivity contribution in [2.45, 2.75) is 23.7 Å². The van der Waals surface area contributed by atoms with E-state index in [0.29, 0.717) is 23.0 Å². The number of hydrogen-bond acceptors (Lipinski definition) is 8. The Kier molecular flexibility index (Phi) is 6.44. The molecule has 0 aliphatic heterocycles. The second kappa shape index (κ2) is 8.35. The maximum atomic E-state index is 9.84. The largest absolute Gasteiger partial charge is 0.390 e. The lowest BCUT2D eigenvalue weighted by molar-refractivity contribution is 0.0499. The third-order valence-corrected chi connectivity index (χ3v) is 4.66. The van der Waals surface area contributed by atoms with Crippen LogP contribution in [0.15, 0.2) is 33.7 Å². The molecule has 0 radical (unpaired) electrons. The van der Waals surface area contributed by atoms with Gasteiger partial charge in [0.25, 0.3) is 0 Å². The molecule has 2 rings (SSSR count). The van der Waals surface area contributed by atoms with Gasteiger partial charge < -0.3 is 19.3 Å². The first-order valence-corrected chi connectivity index (χ1v) is 8.37. The van der Waals surface area contributed by atoms with Gasteiger partial charge in [-0.15, -0.1) is 0 Å². The molecule has 20 heavy (non-hydrogen) atoms. The zero-order valence-electron chi connectivity index (χ0n) is 10.7. The number of thioether (sulfide) groups is 2. The Morgan fingerprint density at radius 1 is 0.900 bits per heavy atom. The van der Waals surface area contributed by atoms with Gasteiger partial charge in [-0.1, -0.05) is 10.3 Å². The molecule has 0 aromatic carbocycles. The van der Waals surface area contributed by atoms with Crippen molar-refractivity contribution in [3.63, 3.8) is 0 Å². The van der Waals surface area contributed by atoms with E-state index in [1.165, 1.54) is 36.1 Å². The average molecular weight is 316 g/mol. The maximum absolute atomic E-state index is 9.84. The second-order valence-corrected chi connectivity index (χ2v) is 6.21. The van der Waals surface area contributed by atoms with Gasteiger partial charge in [0, 0.05) is 35.1 Å². The Balaban J connectivity index is 1.58. The summed E-state index contributed by atoms with van der Waals surface area (Å²) in [5, 5.41) is 27.2. The zero-order valence-corrected chi connectivity index (χ0v) is 12.3. The Labute approximate surface area is 124 Å². The van der Waals surface area contributed by atoms with Crippen molar-refractivity contribution >= 4 is 23.5 Å². The van der Waals surface area contributed by atoms with E-state index in [0.717, 1.165) is 11.4 Å². The third-order valence-electron chi connectivity index (χ3n) is 2.50. The molecule has 0 saturated heterocycles. The van der Waals surface area contributed by atoms with Crippen molar-refractivity contribution in [2.75, 3.05) is 11.5 Å². The third kappa shape index (κ3) is 5.20. The molecule has 0 fully saturated rings. The summed E-state index contributed by atoms with van der Waals surface area (Å²) in [4.78, 5) is 0. The van der Waals surface area contributed by atoms with E-state index in [-0.39, 0.29) is 0 Å². The van der Waals surface area contributed by atoms with Crippen LogP contribution in [-0.2, 0) is 11.5 Å². The van der Waals surface area contributed by atoms with Crippen molar-refractivity contribution in [3.8, 4) is 0 Å². The highest BCUT2D eigenvalue weighted by Crippen LogP contribution is 2.16. The smallest absolute Gasteiger partial charge is 0.124 e. The minimum absolute atomic E-state index is 0.457. The lowest BCUT2D eigenvalue weighted by Gasteiger charge is -2.16. The van der Waals surface area contributed by atoms with E-state index >= 15 is 0 Å². The molecule has 0 bridgehead atoms. The van der Waals surface area contributed by atoms with Crippen molar-refractivity contribution in [1.29, 1.82) is 0 Å². The highest BCUT2D eigenvalue weighted by atomic mass is 32.2. The first kappa shape index (κ1) is 15.4. The van der Waals surface area contributed by atoms with Crippen LogP contribution in [0.3, 0.4) is 0 Å². The first-order valence-electron chi connectivity index (χ1n) is 6.06. The van der Waals surface area contributed by atoms with Crippen LogP contribution in [0.4, 0.5) is 0 Å². The number of nitrogens with zero attached hydrogens (tertiary/aromatic N) is 2. The molecule has 6 nitrogen and oxygen atoms in total. The Hall–Kier alpha value is -0.960. The van der Waals surface area contributed by atoms with Crippen LogP contribution in [0.25, 0.3) is 0 Å². The molecule has 0 aliphatic carbocycles. The summed E-state index contributed by atoms with van der Waals surface area (Å²) in [6.07, 6.45) is 1.53. The van der Waals surface area contributed by atoms with Crippen molar-refractivity contribution < 1.29 is 19.3 Å². The zero-order chi connectivity index (χ0) is 14.2. The highest BCUT2D eigenvalue weighted by Gasteiger charge is 2.16. The Bertz CT molecular complexity index is 420. The van der Waals surface area contributed by atoms with Gasteiger partial charge in [-0.2, -0.15) is 23.5 Å². The Morgan fingerprint density at radius 2 is 1.35 bits per heavy atom. The summed E-state index contributed by atoms with van der Waals surface area (Å²) in [5.74, 6) is 2.23. The molecule has 0 aliphatic rings. The Morgan fingerprint density at radius 3 is 1.70 bits per heavy atom. The average Bonchev–Trinajstić information content (AvgIpc) is 3.11. The van der Waals surface area contributed by atoms with Crippen LogP contribution in [0, 0.1) is 0 Å². The summed E-state index contributed by atoms with van der Waals surface area (Å²) in [5.41, 5.74) is 1.66. The molecular formula is C12H16N2O4S2. The van der Waals surface area contributed by atoms with E-state index in [1.54, 1.807) is 12.1 Å². The van der Waals surface area contributed by atoms with Crippen LogP contribution in [-0.4, -0.2) is 44.2 Å². The van der Waals surface area contributed by atoms with E-state index in [4.69, 9.17) is 9.05 Å². The number of hydrogen-bond donors (Lipinski definition) is 2. The molecule has 0 saturated carbocycles. The van der Waals surface area contributed by atoms with E-state index in [1.807, 2.05) is 0 Å². The van der Waals surface area contributed by atoms with Gasteiger partial charge in [0.15, 0.2) is 0 Å². The summed E-state index contributed by atoms with van der Waals surface area (Å²) in [6, 6.07) is 3.56. The van der Waals surface area contributed by atoms with Crippen LogP contribution in [0.1, 0.15) is 11.4 Å². The molecule has 2 aromatic heterocycles. The molecule has 2 aromatic rings. The molecule has 8 heteroatoms. The van der Waals surface area contributed by atoms with E-state index in [9.17, 15) is 10.2 Å². The summed E-state index contributed by atoms with van der Waals surface area (Å²) in [6.45, 7) is 0. The van der Waals surface area contributed by atoms with Gasteiger partial charge in [0.2, 0.25) is 0 Å². The van der Waals surface area contributed by atoms with Crippen molar-refractivity contribution in [2.24, 2.45) is 0 Å². The lowest BCUT2D eigenvalue weighted by atomic mass is 10.3. The predicted molar refractivity (Wildman–Crippen MR) is 77.3 cm³/mol. The number of aliphatic hydroxyl groups is 2. The van der Waals surface area contributed by atoms with Crippen LogP contribution in [0.2, 0.25) is 0 Å². The summed E-state index contributed by atoms with van der Waals surface area (Å²) >= 11 is 3.02. The molecule has 0 unspecified atom stereocenters. The van der Waals surface area contributed by atoms with Gasteiger partial charge in [-0.3, -0.25) is 0 Å². The molecule has 110 valence electrons. The van der Waals surface area contributed by atoms with Crippen molar-refractivity contribution in [3.05, 3.63) is 36.0 Å². The molecule has 2 N–H and O–H groups in total. The fraction of sp³-hybridized carbons (Fsp3) is 0.500. The van der Waals surface area contributed by atoms with Gasteiger partial charge in [-0.25, -0.2) is 0 Å². The summed E-state index contributed by atoms with van der Waals surface area (Å²) in [7, 11) is 0. The van der Waals surface area contributed by atoms with Crippen LogP contribution >= 0.6 is 23.5 Å². The van der Waals surface area contributed by atoms with Crippen LogP contribution in [0.5, 0.6) is 0 Å². The molecule has 0 amide bonds. The lowest BCUT2D eigenvalue weighted by Crippen LogP contribution is -2.30. The number of aromatic nitrogens is 2. The standard InChI is InChI=1S/C12H16N2O4S2/c15-11(7-19-5-9-1-3-17-13-9)12(16)8-20-6-10-2-4-18-14-10/h1-4,11-12,15-16H,5-8H2/t11-,12-/m0/s1. The normalized spacial score (nSPS) is 14.3. The fourth-order valence-corrected chi connectivity index (χ4v) is 3.29.